The van der Waals surface area contributed by atoms with Crippen LogP contribution >= 0.6 is 0 Å². The molecule has 0 radical (unpaired) electrons. The van der Waals surface area contributed by atoms with Crippen molar-refractivity contribution >= 4 is 0 Å². The largest absolute Gasteiger partial charge is 0.417 e. The van der Waals surface area contributed by atoms with E-state index in [1.165, 1.54) is 43.9 Å². The van der Waals surface area contributed by atoms with Gasteiger partial charge >= 0.3 is 6.18 Å². The van der Waals surface area contributed by atoms with Crippen molar-refractivity contribution in [3.05, 3.63) is 59.7 Å². The number of nitrogens with zero attached hydrogens (tertiary/aromatic N) is 2. The fourth-order valence-corrected chi connectivity index (χ4v) is 4.22. The van der Waals surface area contributed by atoms with Gasteiger partial charge < -0.3 is 10.1 Å². The zero-order valence-electron chi connectivity index (χ0n) is 17.4. The molecule has 1 atom stereocenters. The molecular formula is C23H30F3N3O. The van der Waals surface area contributed by atoms with Crippen LogP contribution in [0.5, 0.6) is 0 Å². The maximum Gasteiger partial charge on any atom is 0.417 e. The van der Waals surface area contributed by atoms with Crippen molar-refractivity contribution in [1.82, 2.24) is 15.3 Å². The average Bonchev–Trinajstić information content (AvgIpc) is 3.20. The zero-order chi connectivity index (χ0) is 21.5. The van der Waals surface area contributed by atoms with Gasteiger partial charge in [-0.05, 0) is 56.5 Å². The Balaban J connectivity index is 0.000000173. The Morgan fingerprint density at radius 2 is 1.93 bits per heavy atom. The minimum Gasteiger partial charge on any atom is -0.375 e. The first kappa shape index (κ1) is 22.7. The van der Waals surface area contributed by atoms with E-state index >= 15 is 0 Å². The molecule has 7 heteroatoms. The summed E-state index contributed by atoms with van der Waals surface area (Å²) in [6, 6.07) is 8.68. The van der Waals surface area contributed by atoms with Crippen molar-refractivity contribution in [2.24, 2.45) is 0 Å². The van der Waals surface area contributed by atoms with E-state index in [2.05, 4.69) is 27.4 Å². The number of rotatable bonds is 4. The lowest BCUT2D eigenvalue weighted by molar-refractivity contribution is -0.137. The van der Waals surface area contributed by atoms with E-state index in [0.717, 1.165) is 31.8 Å². The fourth-order valence-electron chi connectivity index (χ4n) is 4.22. The molecule has 2 aromatic rings. The lowest BCUT2D eigenvalue weighted by Crippen LogP contribution is -2.36. The summed E-state index contributed by atoms with van der Waals surface area (Å²) >= 11 is 0. The molecule has 2 aliphatic rings. The van der Waals surface area contributed by atoms with Gasteiger partial charge in [-0.1, -0.05) is 25.8 Å². The Hall–Kier alpha value is -1.99. The average molecular weight is 422 g/mol. The van der Waals surface area contributed by atoms with E-state index in [0.29, 0.717) is 18.2 Å². The summed E-state index contributed by atoms with van der Waals surface area (Å²) in [7, 11) is 0. The number of ether oxygens (including phenoxy) is 1. The van der Waals surface area contributed by atoms with Gasteiger partial charge in [0, 0.05) is 37.2 Å². The Labute approximate surface area is 176 Å². The molecule has 164 valence electrons. The molecule has 1 saturated carbocycles. The van der Waals surface area contributed by atoms with Crippen LogP contribution in [-0.2, 0) is 17.5 Å². The molecule has 0 aromatic carbocycles. The van der Waals surface area contributed by atoms with Crippen LogP contribution < -0.4 is 5.32 Å². The van der Waals surface area contributed by atoms with E-state index in [1.54, 1.807) is 0 Å². The summed E-state index contributed by atoms with van der Waals surface area (Å²) in [5.74, 6) is 0.619. The van der Waals surface area contributed by atoms with Gasteiger partial charge in [0.1, 0.15) is 0 Å². The Bertz CT molecular complexity index is 760. The van der Waals surface area contributed by atoms with Crippen LogP contribution in [-0.4, -0.2) is 28.7 Å². The van der Waals surface area contributed by atoms with Crippen LogP contribution in [0.2, 0.25) is 0 Å². The highest BCUT2D eigenvalue weighted by Gasteiger charge is 2.40. The van der Waals surface area contributed by atoms with Crippen LogP contribution in [0.15, 0.2) is 42.7 Å². The number of alkyl halides is 3. The first-order valence-electron chi connectivity index (χ1n) is 10.7. The van der Waals surface area contributed by atoms with Gasteiger partial charge in [0.05, 0.1) is 16.9 Å². The smallest absolute Gasteiger partial charge is 0.375 e. The van der Waals surface area contributed by atoms with E-state index in [4.69, 9.17) is 4.74 Å². The van der Waals surface area contributed by atoms with Crippen LogP contribution in [0, 0.1) is 0 Å². The van der Waals surface area contributed by atoms with Crippen molar-refractivity contribution < 1.29 is 17.9 Å². The lowest BCUT2D eigenvalue weighted by atomic mass is 9.83. The van der Waals surface area contributed by atoms with Gasteiger partial charge in [-0.15, -0.1) is 0 Å². The predicted molar refractivity (Wildman–Crippen MR) is 110 cm³/mol. The third-order valence-corrected chi connectivity index (χ3v) is 5.82. The predicted octanol–water partition coefficient (Wildman–Crippen LogP) is 5.50. The highest BCUT2D eigenvalue weighted by atomic mass is 19.4. The molecule has 3 heterocycles. The van der Waals surface area contributed by atoms with Gasteiger partial charge in [-0.2, -0.15) is 13.2 Å². The second-order valence-corrected chi connectivity index (χ2v) is 8.00. The van der Waals surface area contributed by atoms with Crippen molar-refractivity contribution in [1.29, 1.82) is 0 Å². The summed E-state index contributed by atoms with van der Waals surface area (Å²) in [5, 5.41) is 2.98. The minimum absolute atomic E-state index is 0.209. The topological polar surface area (TPSA) is 47.0 Å². The Morgan fingerprint density at radius 3 is 2.53 bits per heavy atom. The van der Waals surface area contributed by atoms with Gasteiger partial charge in [0.25, 0.3) is 0 Å². The van der Waals surface area contributed by atoms with E-state index < -0.39 is 11.7 Å². The summed E-state index contributed by atoms with van der Waals surface area (Å²) in [5.41, 5.74) is 1.37. The summed E-state index contributed by atoms with van der Waals surface area (Å²) in [6.07, 6.45) is 5.99. The molecule has 0 amide bonds. The number of pyridine rings is 2. The summed E-state index contributed by atoms with van der Waals surface area (Å²) < 4.78 is 42.4. The lowest BCUT2D eigenvalue weighted by Gasteiger charge is -2.38. The van der Waals surface area contributed by atoms with Gasteiger partial charge in [0.2, 0.25) is 0 Å². The molecule has 30 heavy (non-hydrogen) atoms. The molecule has 1 saturated heterocycles. The van der Waals surface area contributed by atoms with E-state index in [-0.39, 0.29) is 5.60 Å². The van der Waals surface area contributed by atoms with Gasteiger partial charge in [0.15, 0.2) is 0 Å². The molecule has 1 aliphatic heterocycles. The first-order valence-corrected chi connectivity index (χ1v) is 10.7. The molecule has 1 aliphatic carbocycles. The molecule has 1 spiro atoms. The standard InChI is InChI=1S/C14H19NO.C9H11F3N2/c1-4-9-15-13(5-1)12-6-10-16-14(11-12)7-2-3-8-14;1-2-13-6-8-4-3-7(5-14-8)9(10,11)12/h1,4-5,9,12H,2-3,6-8,10-11H2;3-5,13H,2,6H2,1H3. The molecule has 1 unspecified atom stereocenters. The van der Waals surface area contributed by atoms with Crippen molar-refractivity contribution in [2.75, 3.05) is 13.2 Å². The summed E-state index contributed by atoms with van der Waals surface area (Å²) in [4.78, 5) is 8.20. The van der Waals surface area contributed by atoms with Crippen molar-refractivity contribution in [2.45, 2.75) is 69.7 Å². The van der Waals surface area contributed by atoms with Gasteiger partial charge in [-0.3, -0.25) is 9.97 Å². The normalized spacial score (nSPS) is 20.6. The second kappa shape index (κ2) is 10.4. The summed E-state index contributed by atoms with van der Waals surface area (Å²) in [6.45, 7) is 4.10. The number of hydrogen-bond acceptors (Lipinski definition) is 4. The highest BCUT2D eigenvalue weighted by molar-refractivity contribution is 5.16. The number of aromatic nitrogens is 2. The molecule has 2 fully saturated rings. The SMILES string of the molecule is CCNCc1ccc(C(F)(F)F)cn1.c1ccc(C2CCOC3(CCCC3)C2)nc1. The van der Waals surface area contributed by atoms with Crippen molar-refractivity contribution in [3.63, 3.8) is 0 Å². The second-order valence-electron chi connectivity index (χ2n) is 8.00. The maximum atomic E-state index is 12.1. The molecular weight excluding hydrogens is 391 g/mol. The number of hydrogen-bond donors (Lipinski definition) is 1. The number of nitrogens with one attached hydrogen (secondary N) is 1. The molecule has 1 N–H and O–H groups in total. The maximum absolute atomic E-state index is 12.1. The monoisotopic (exact) mass is 421 g/mol. The van der Waals surface area contributed by atoms with Crippen LogP contribution in [0.3, 0.4) is 0 Å². The first-order chi connectivity index (χ1) is 14.4. The number of halogens is 3. The van der Waals surface area contributed by atoms with Crippen molar-refractivity contribution in [3.8, 4) is 0 Å². The quantitative estimate of drug-likeness (QED) is 0.708. The zero-order valence-corrected chi connectivity index (χ0v) is 17.4. The van der Waals surface area contributed by atoms with Crippen LogP contribution in [0.1, 0.15) is 68.3 Å². The third-order valence-electron chi connectivity index (χ3n) is 5.82. The van der Waals surface area contributed by atoms with Gasteiger partial charge in [-0.25, -0.2) is 0 Å². The van der Waals surface area contributed by atoms with E-state index in [1.807, 2.05) is 19.2 Å². The minimum atomic E-state index is -4.30. The molecule has 0 bridgehead atoms. The molecule has 4 rings (SSSR count). The Kier molecular flexibility index (Phi) is 7.83. The highest BCUT2D eigenvalue weighted by Crippen LogP contribution is 2.44. The fraction of sp³-hybridized carbons (Fsp3) is 0.565. The Morgan fingerprint density at radius 1 is 1.13 bits per heavy atom. The molecule has 2 aromatic heterocycles. The van der Waals surface area contributed by atoms with E-state index in [9.17, 15) is 13.2 Å². The van der Waals surface area contributed by atoms with Crippen LogP contribution in [0.25, 0.3) is 0 Å². The van der Waals surface area contributed by atoms with Crippen LogP contribution in [0.4, 0.5) is 13.2 Å². The molecule has 4 nitrogen and oxygen atoms in total. The third kappa shape index (κ3) is 6.25.